The zero-order valence-electron chi connectivity index (χ0n) is 19.2. The van der Waals surface area contributed by atoms with Gasteiger partial charge in [-0.2, -0.15) is 0 Å². The maximum Gasteiger partial charge on any atom is 0.0706 e. The number of ether oxygens (including phenoxy) is 1. The molecule has 0 heterocycles. The van der Waals surface area contributed by atoms with Crippen LogP contribution < -0.4 is 0 Å². The van der Waals surface area contributed by atoms with E-state index in [-0.39, 0.29) is 5.60 Å². The van der Waals surface area contributed by atoms with Crippen LogP contribution in [-0.2, 0) is 4.74 Å². The van der Waals surface area contributed by atoms with Gasteiger partial charge in [0.15, 0.2) is 0 Å². The predicted molar refractivity (Wildman–Crippen MR) is 119 cm³/mol. The zero-order chi connectivity index (χ0) is 19.5. The van der Waals surface area contributed by atoms with Gasteiger partial charge in [-0.1, -0.05) is 118 Å². The van der Waals surface area contributed by atoms with E-state index in [2.05, 4.69) is 27.7 Å². The Labute approximate surface area is 167 Å². The van der Waals surface area contributed by atoms with Crippen LogP contribution in [-0.4, -0.2) is 12.7 Å². The van der Waals surface area contributed by atoms with Crippen molar-refractivity contribution in [1.82, 2.24) is 0 Å². The minimum atomic E-state index is 0.156. The Morgan fingerprint density at radius 3 is 1.46 bits per heavy atom. The van der Waals surface area contributed by atoms with Gasteiger partial charge in [-0.05, 0) is 31.6 Å². The van der Waals surface area contributed by atoms with Crippen molar-refractivity contribution in [1.29, 1.82) is 0 Å². The number of unbranched alkanes of at least 4 members (excludes halogenated alkanes) is 10. The van der Waals surface area contributed by atoms with E-state index in [9.17, 15) is 0 Å². The molecule has 0 N–H and O–H groups in total. The summed E-state index contributed by atoms with van der Waals surface area (Å²) in [6.45, 7) is 9.28. The second kappa shape index (κ2) is 18.3. The largest absolute Gasteiger partial charge is 0.378 e. The number of hydrogen-bond acceptors (Lipinski definition) is 1. The summed E-state index contributed by atoms with van der Waals surface area (Å²) in [5.74, 6) is 0.771. The first-order valence-electron chi connectivity index (χ1n) is 12.3. The van der Waals surface area contributed by atoms with Gasteiger partial charge in [-0.3, -0.25) is 0 Å². The monoisotopic (exact) mass is 368 g/mol. The van der Waals surface area contributed by atoms with Gasteiger partial charge in [0, 0.05) is 7.11 Å². The first kappa shape index (κ1) is 26.0. The molecule has 1 heteroatoms. The number of hydrogen-bond donors (Lipinski definition) is 0. The topological polar surface area (TPSA) is 9.23 Å². The van der Waals surface area contributed by atoms with Crippen LogP contribution in [0.5, 0.6) is 0 Å². The highest BCUT2D eigenvalue weighted by Gasteiger charge is 2.37. The van der Waals surface area contributed by atoms with Crippen LogP contribution in [0.3, 0.4) is 0 Å². The molecule has 0 rings (SSSR count). The van der Waals surface area contributed by atoms with Crippen molar-refractivity contribution in [3.63, 3.8) is 0 Å². The van der Waals surface area contributed by atoms with Crippen LogP contribution in [0.1, 0.15) is 143 Å². The van der Waals surface area contributed by atoms with Crippen molar-refractivity contribution in [3.8, 4) is 0 Å². The van der Waals surface area contributed by atoms with Crippen molar-refractivity contribution in [2.45, 2.75) is 149 Å². The Balaban J connectivity index is 4.84. The van der Waals surface area contributed by atoms with Gasteiger partial charge in [0.1, 0.15) is 0 Å². The Morgan fingerprint density at radius 1 is 0.538 bits per heavy atom. The number of methoxy groups -OCH3 is 1. The minimum Gasteiger partial charge on any atom is -0.378 e. The molecule has 0 aromatic rings. The molecule has 0 aromatic heterocycles. The highest BCUT2D eigenvalue weighted by atomic mass is 16.5. The van der Waals surface area contributed by atoms with Gasteiger partial charge in [-0.25, -0.2) is 0 Å². The molecule has 0 spiro atoms. The van der Waals surface area contributed by atoms with Crippen LogP contribution >= 0.6 is 0 Å². The lowest BCUT2D eigenvalue weighted by molar-refractivity contribution is -0.0806. The first-order valence-corrected chi connectivity index (χ1v) is 12.3. The smallest absolute Gasteiger partial charge is 0.0706 e. The van der Waals surface area contributed by atoms with E-state index in [1.807, 2.05) is 7.11 Å². The van der Waals surface area contributed by atoms with Crippen molar-refractivity contribution in [2.24, 2.45) is 5.92 Å². The zero-order valence-corrected chi connectivity index (χ0v) is 19.2. The fourth-order valence-electron chi connectivity index (χ4n) is 4.54. The first-order chi connectivity index (χ1) is 12.7. The molecule has 0 bridgehead atoms. The summed E-state index contributed by atoms with van der Waals surface area (Å²) in [4.78, 5) is 0. The van der Waals surface area contributed by atoms with Crippen LogP contribution in [0.25, 0.3) is 0 Å². The van der Waals surface area contributed by atoms with Gasteiger partial charge >= 0.3 is 0 Å². The Morgan fingerprint density at radius 2 is 0.962 bits per heavy atom. The second-order valence-electron chi connectivity index (χ2n) is 8.58. The quantitative estimate of drug-likeness (QED) is 0.195. The highest BCUT2D eigenvalue weighted by molar-refractivity contribution is 4.88. The molecule has 0 saturated heterocycles. The normalized spacial score (nSPS) is 13.3. The molecule has 158 valence electrons. The average Bonchev–Trinajstić information content (AvgIpc) is 2.66. The Bertz CT molecular complexity index is 263. The summed E-state index contributed by atoms with van der Waals surface area (Å²) in [6, 6.07) is 0. The van der Waals surface area contributed by atoms with Crippen LogP contribution in [0, 0.1) is 5.92 Å². The van der Waals surface area contributed by atoms with Crippen molar-refractivity contribution < 1.29 is 4.74 Å². The van der Waals surface area contributed by atoms with E-state index in [0.29, 0.717) is 0 Å². The molecular formula is C25H52O. The molecule has 1 atom stereocenters. The molecular weight excluding hydrogens is 316 g/mol. The van der Waals surface area contributed by atoms with Gasteiger partial charge in [-0.15, -0.1) is 0 Å². The molecule has 0 aliphatic heterocycles. The predicted octanol–water partition coefficient (Wildman–Crippen LogP) is 9.09. The molecule has 0 fully saturated rings. The molecule has 0 aromatic carbocycles. The molecule has 26 heavy (non-hydrogen) atoms. The van der Waals surface area contributed by atoms with E-state index in [4.69, 9.17) is 4.74 Å². The van der Waals surface area contributed by atoms with Crippen LogP contribution in [0.2, 0.25) is 0 Å². The summed E-state index contributed by atoms with van der Waals surface area (Å²) >= 11 is 0. The van der Waals surface area contributed by atoms with E-state index in [1.54, 1.807) is 0 Å². The molecule has 1 nitrogen and oxygen atoms in total. The SMILES string of the molecule is CCCCCCCCC(CCCC)C(CCCCC)(CCCCC)OC. The van der Waals surface area contributed by atoms with Crippen molar-refractivity contribution >= 4 is 0 Å². The van der Waals surface area contributed by atoms with Crippen molar-refractivity contribution in [3.05, 3.63) is 0 Å². The summed E-state index contributed by atoms with van der Waals surface area (Å²) in [5, 5.41) is 0. The summed E-state index contributed by atoms with van der Waals surface area (Å²) in [6.07, 6.45) is 24.5. The van der Waals surface area contributed by atoms with E-state index in [0.717, 1.165) is 5.92 Å². The molecule has 1 unspecified atom stereocenters. The lowest BCUT2D eigenvalue weighted by Crippen LogP contribution is -2.40. The fraction of sp³-hybridized carbons (Fsp3) is 1.00. The summed E-state index contributed by atoms with van der Waals surface area (Å²) in [7, 11) is 2.01. The van der Waals surface area contributed by atoms with Gasteiger partial charge in [0.2, 0.25) is 0 Å². The lowest BCUT2D eigenvalue weighted by atomic mass is 9.74. The third kappa shape index (κ3) is 11.6. The van der Waals surface area contributed by atoms with Gasteiger partial charge < -0.3 is 4.74 Å². The van der Waals surface area contributed by atoms with Crippen molar-refractivity contribution in [2.75, 3.05) is 7.11 Å². The summed E-state index contributed by atoms with van der Waals surface area (Å²) < 4.78 is 6.39. The molecule has 0 amide bonds. The van der Waals surface area contributed by atoms with Crippen LogP contribution in [0.4, 0.5) is 0 Å². The van der Waals surface area contributed by atoms with E-state index < -0.39 is 0 Å². The third-order valence-electron chi connectivity index (χ3n) is 6.37. The maximum atomic E-state index is 6.39. The Hall–Kier alpha value is -0.0400. The molecule has 0 aliphatic rings. The fourth-order valence-corrected chi connectivity index (χ4v) is 4.54. The third-order valence-corrected chi connectivity index (χ3v) is 6.37. The second-order valence-corrected chi connectivity index (χ2v) is 8.58. The molecule has 0 saturated carbocycles. The van der Waals surface area contributed by atoms with E-state index >= 15 is 0 Å². The summed E-state index contributed by atoms with van der Waals surface area (Å²) in [5.41, 5.74) is 0.156. The minimum absolute atomic E-state index is 0.156. The van der Waals surface area contributed by atoms with Gasteiger partial charge in [0.25, 0.3) is 0 Å². The molecule has 0 radical (unpaired) electrons. The van der Waals surface area contributed by atoms with Gasteiger partial charge in [0.05, 0.1) is 5.60 Å². The van der Waals surface area contributed by atoms with Crippen LogP contribution in [0.15, 0.2) is 0 Å². The highest BCUT2D eigenvalue weighted by Crippen LogP contribution is 2.39. The standard InChI is InChI=1S/C25H52O/c1-6-10-14-15-16-17-21-24(20-13-9-4)25(26-5,22-18-11-7-2)23-19-12-8-3/h24H,6-23H2,1-5H3. The van der Waals surface area contributed by atoms with E-state index in [1.165, 1.54) is 116 Å². The Kier molecular flexibility index (Phi) is 18.3. The average molecular weight is 369 g/mol. The lowest BCUT2D eigenvalue weighted by Gasteiger charge is -2.41. The maximum absolute atomic E-state index is 6.39. The number of rotatable bonds is 20. The molecule has 0 aliphatic carbocycles.